The van der Waals surface area contributed by atoms with Gasteiger partial charge in [-0.25, -0.2) is 8.42 Å². The molecule has 2 aliphatic carbocycles. The number of halogens is 1. The molecule has 4 aromatic rings. The van der Waals surface area contributed by atoms with Gasteiger partial charge in [0.1, 0.15) is 0 Å². The fourth-order valence-electron chi connectivity index (χ4n) is 6.55. The summed E-state index contributed by atoms with van der Waals surface area (Å²) >= 11 is 3.66. The molecular weight excluding hydrogens is 678 g/mol. The molecule has 1 aliphatic heterocycles. The first-order valence-corrected chi connectivity index (χ1v) is 19.1. The largest absolute Gasteiger partial charge is 0.359 e. The minimum Gasteiger partial charge on any atom is -0.359 e. The van der Waals surface area contributed by atoms with Crippen molar-refractivity contribution < 1.29 is 8.42 Å². The third kappa shape index (κ3) is 7.97. The average Bonchev–Trinajstić information content (AvgIpc) is 3.30. The first-order chi connectivity index (χ1) is 23.3. The van der Waals surface area contributed by atoms with Gasteiger partial charge in [0.25, 0.3) is 0 Å². The van der Waals surface area contributed by atoms with Gasteiger partial charge in [-0.3, -0.25) is 4.99 Å². The molecular formula is C41H42BrN3O2S. The zero-order valence-electron chi connectivity index (χ0n) is 27.6. The number of aliphatic imine (C=N–C) groups is 1. The van der Waals surface area contributed by atoms with Gasteiger partial charge < -0.3 is 10.2 Å². The molecule has 3 aliphatic rings. The summed E-state index contributed by atoms with van der Waals surface area (Å²) in [5, 5.41) is 7.53. The molecule has 1 heterocycles. The molecule has 0 radical (unpaired) electrons. The number of anilines is 1. The Morgan fingerprint density at radius 3 is 2.56 bits per heavy atom. The van der Waals surface area contributed by atoms with Gasteiger partial charge in [0, 0.05) is 41.1 Å². The second-order valence-corrected chi connectivity index (χ2v) is 15.7. The van der Waals surface area contributed by atoms with E-state index in [1.54, 1.807) is 0 Å². The predicted octanol–water partition coefficient (Wildman–Crippen LogP) is 7.23. The summed E-state index contributed by atoms with van der Waals surface area (Å²) in [6.07, 6.45) is 16.1. The van der Waals surface area contributed by atoms with Crippen molar-refractivity contribution in [1.29, 1.82) is 0 Å². The first kappa shape index (κ1) is 33.8. The molecule has 246 valence electrons. The lowest BCUT2D eigenvalue weighted by atomic mass is 9.88. The molecule has 0 fully saturated rings. The highest BCUT2D eigenvalue weighted by Gasteiger charge is 2.31. The number of fused-ring (bicyclic) bond motifs is 5. The van der Waals surface area contributed by atoms with Gasteiger partial charge in [-0.2, -0.15) is 0 Å². The second-order valence-electron chi connectivity index (χ2n) is 12.7. The maximum atomic E-state index is 13.3. The molecule has 0 amide bonds. The molecule has 7 rings (SSSR count). The lowest BCUT2D eigenvalue weighted by molar-refractivity contribution is 0.417. The van der Waals surface area contributed by atoms with Crippen LogP contribution < -0.4 is 15.8 Å². The van der Waals surface area contributed by atoms with Crippen LogP contribution in [0.4, 0.5) is 5.69 Å². The van der Waals surface area contributed by atoms with Crippen LogP contribution in [-0.2, 0) is 22.7 Å². The first-order valence-electron chi connectivity index (χ1n) is 16.5. The molecule has 4 aromatic carbocycles. The van der Waals surface area contributed by atoms with Gasteiger partial charge >= 0.3 is 0 Å². The van der Waals surface area contributed by atoms with E-state index in [1.807, 2.05) is 62.9 Å². The summed E-state index contributed by atoms with van der Waals surface area (Å²) in [5.74, 6) is 0.111. The van der Waals surface area contributed by atoms with Crippen molar-refractivity contribution in [3.05, 3.63) is 157 Å². The molecule has 0 saturated carbocycles. The van der Waals surface area contributed by atoms with Crippen LogP contribution in [0.15, 0.2) is 118 Å². The van der Waals surface area contributed by atoms with E-state index in [1.165, 1.54) is 26.8 Å². The fraction of sp³-hybridized carbons (Fsp3) is 0.244. The summed E-state index contributed by atoms with van der Waals surface area (Å²) in [5.41, 5.74) is 6.74. The zero-order valence-corrected chi connectivity index (χ0v) is 30.0. The van der Waals surface area contributed by atoms with Crippen molar-refractivity contribution in [3.8, 4) is 0 Å². The van der Waals surface area contributed by atoms with E-state index in [9.17, 15) is 8.42 Å². The number of hydrogen-bond acceptors (Lipinski definition) is 5. The van der Waals surface area contributed by atoms with E-state index in [0.29, 0.717) is 6.42 Å². The lowest BCUT2D eigenvalue weighted by Gasteiger charge is -2.25. The topological polar surface area (TPSA) is 61.8 Å². The van der Waals surface area contributed by atoms with Crippen molar-refractivity contribution in [2.24, 2.45) is 4.99 Å². The van der Waals surface area contributed by atoms with Crippen LogP contribution in [0.3, 0.4) is 0 Å². The number of allylic oxidation sites excluding steroid dienone is 1. The van der Waals surface area contributed by atoms with E-state index in [-0.39, 0.29) is 5.75 Å². The Hall–Kier alpha value is -4.04. The van der Waals surface area contributed by atoms with Crippen molar-refractivity contribution in [2.45, 2.75) is 37.4 Å². The maximum Gasteiger partial charge on any atom is 0.160 e. The Kier molecular flexibility index (Phi) is 10.9. The van der Waals surface area contributed by atoms with E-state index in [2.05, 4.69) is 104 Å². The molecule has 0 saturated heterocycles. The van der Waals surface area contributed by atoms with E-state index >= 15 is 0 Å². The molecule has 5 nitrogen and oxygen atoms in total. The number of rotatable bonds is 8. The number of nitrogens with one attached hydrogen (secondary N) is 1. The molecule has 1 atom stereocenters. The number of sulfone groups is 1. The summed E-state index contributed by atoms with van der Waals surface area (Å²) in [6.45, 7) is 0.927. The van der Waals surface area contributed by atoms with Crippen molar-refractivity contribution in [3.63, 3.8) is 0 Å². The quantitative estimate of drug-likeness (QED) is 0.195. The van der Waals surface area contributed by atoms with Gasteiger partial charge in [-0.15, -0.1) is 0 Å². The predicted molar refractivity (Wildman–Crippen MR) is 204 cm³/mol. The number of para-hydroxylation sites is 1. The summed E-state index contributed by atoms with van der Waals surface area (Å²) in [7, 11) is 0.789. The number of benzene rings is 4. The minimum atomic E-state index is -3.26. The van der Waals surface area contributed by atoms with Crippen LogP contribution in [0.2, 0.25) is 0 Å². The summed E-state index contributed by atoms with van der Waals surface area (Å²) in [4.78, 5) is 6.64. The van der Waals surface area contributed by atoms with Crippen molar-refractivity contribution in [1.82, 2.24) is 4.90 Å². The SMILES string of the molecule is C1=NC(Cc2ccccc2)=CNc2ccccc21.CN(C)CCC=CCS(=O)(=O)[C@@H]1CCC=c2ccc3c(c21)CC=c1c(Br)cccc1=3. The average molecular weight is 721 g/mol. The molecule has 0 aromatic heterocycles. The Morgan fingerprint density at radius 2 is 1.73 bits per heavy atom. The van der Waals surface area contributed by atoms with Gasteiger partial charge in [-0.05, 0) is 89.5 Å². The summed E-state index contributed by atoms with van der Waals surface area (Å²) in [6, 6.07) is 29.1. The highest BCUT2D eigenvalue weighted by molar-refractivity contribution is 9.10. The fourth-order valence-corrected chi connectivity index (χ4v) is 8.85. The highest BCUT2D eigenvalue weighted by atomic mass is 79.9. The molecule has 0 bridgehead atoms. The molecule has 0 spiro atoms. The Labute approximate surface area is 292 Å². The van der Waals surface area contributed by atoms with E-state index in [4.69, 9.17) is 0 Å². The lowest BCUT2D eigenvalue weighted by Crippen LogP contribution is -2.28. The van der Waals surface area contributed by atoms with Gasteiger partial charge in [0.15, 0.2) is 9.84 Å². The molecule has 48 heavy (non-hydrogen) atoms. The van der Waals surface area contributed by atoms with E-state index < -0.39 is 15.1 Å². The van der Waals surface area contributed by atoms with Crippen LogP contribution in [0.1, 0.15) is 46.8 Å². The second kappa shape index (κ2) is 15.5. The standard InChI is InChI=1S/C25H28BrNO2S.C16H14N2/c1-27(2)16-4-3-5-17-30(28,29)24-11-6-8-18-12-13-20-19-9-7-10-23(26)21(19)14-15-22(20)25(18)24;1-2-6-13(7-3-1)10-15-12-18-16-9-5-4-8-14(16)11-17-15/h3,5,7-10,12-14,24H,4,6,11,15-17H2,1-2H3;1-9,11-12,18H,10H2/t24-;/m1./s1. The summed E-state index contributed by atoms with van der Waals surface area (Å²) < 4.78 is 27.8. The monoisotopic (exact) mass is 719 g/mol. The van der Waals surface area contributed by atoms with E-state index in [0.717, 1.165) is 64.4 Å². The maximum absolute atomic E-state index is 13.3. The molecule has 7 heteroatoms. The van der Waals surface area contributed by atoms with Crippen LogP contribution in [0, 0.1) is 10.4 Å². The van der Waals surface area contributed by atoms with Gasteiger partial charge in [0.05, 0.1) is 16.7 Å². The highest BCUT2D eigenvalue weighted by Crippen LogP contribution is 2.33. The molecule has 0 unspecified atom stereocenters. The normalized spacial score (nSPS) is 16.1. The van der Waals surface area contributed by atoms with Crippen molar-refractivity contribution in [2.75, 3.05) is 31.7 Å². The number of nitrogens with zero attached hydrogens (tertiary/aromatic N) is 2. The minimum absolute atomic E-state index is 0.111. The van der Waals surface area contributed by atoms with Crippen molar-refractivity contribution >= 4 is 49.8 Å². The Balaban J connectivity index is 0.000000189. The Morgan fingerprint density at radius 1 is 0.917 bits per heavy atom. The van der Waals surface area contributed by atoms with Crippen LogP contribution >= 0.6 is 15.9 Å². The van der Waals surface area contributed by atoms with Crippen LogP contribution in [0.5, 0.6) is 0 Å². The van der Waals surface area contributed by atoms with Gasteiger partial charge in [0.2, 0.25) is 0 Å². The smallest absolute Gasteiger partial charge is 0.160 e. The zero-order chi connectivity index (χ0) is 33.5. The Bertz CT molecular complexity index is 2210. The third-order valence-electron chi connectivity index (χ3n) is 8.98. The third-order valence-corrected chi connectivity index (χ3v) is 11.7. The van der Waals surface area contributed by atoms with Crippen LogP contribution in [-0.4, -0.2) is 45.9 Å². The molecule has 1 N–H and O–H groups in total. The van der Waals surface area contributed by atoms with Crippen LogP contribution in [0.25, 0.3) is 12.2 Å². The van der Waals surface area contributed by atoms with Gasteiger partial charge in [-0.1, -0.05) is 113 Å². The number of hydrogen-bond donors (Lipinski definition) is 1.